The molecule has 0 aliphatic carbocycles. The summed E-state index contributed by atoms with van der Waals surface area (Å²) in [6.07, 6.45) is 1.17. The Morgan fingerprint density at radius 3 is 2.43 bits per heavy atom. The van der Waals surface area contributed by atoms with E-state index in [0.29, 0.717) is 19.4 Å². The number of carbonyl (C=O) groups is 2. The molecule has 0 bridgehead atoms. The van der Waals surface area contributed by atoms with Gasteiger partial charge in [-0.1, -0.05) is 12.1 Å². The van der Waals surface area contributed by atoms with Crippen LogP contribution in [0.5, 0.6) is 0 Å². The van der Waals surface area contributed by atoms with Crippen LogP contribution in [0.15, 0.2) is 53.4 Å². The zero-order valence-electron chi connectivity index (χ0n) is 15.3. The predicted molar refractivity (Wildman–Crippen MR) is 102 cm³/mol. The van der Waals surface area contributed by atoms with Crippen molar-refractivity contribution in [1.29, 1.82) is 0 Å². The highest BCUT2D eigenvalue weighted by molar-refractivity contribution is 7.89. The van der Waals surface area contributed by atoms with Crippen LogP contribution in [0.2, 0.25) is 0 Å². The number of halogens is 1. The summed E-state index contributed by atoms with van der Waals surface area (Å²) in [7, 11) is -3.93. The molecule has 150 valence electrons. The van der Waals surface area contributed by atoms with Gasteiger partial charge in [0, 0.05) is 12.1 Å². The first-order valence-corrected chi connectivity index (χ1v) is 10.1. The molecule has 7 nitrogen and oxygen atoms in total. The van der Waals surface area contributed by atoms with E-state index < -0.39 is 27.9 Å². The number of carbonyl (C=O) groups excluding carboxylic acids is 2. The third kappa shape index (κ3) is 6.14. The quantitative estimate of drug-likeness (QED) is 0.544. The number of rotatable bonds is 9. The zero-order chi connectivity index (χ0) is 20.7. The molecule has 2 rings (SSSR count). The fourth-order valence-corrected chi connectivity index (χ4v) is 3.71. The van der Waals surface area contributed by atoms with Gasteiger partial charge in [-0.2, -0.15) is 4.72 Å². The third-order valence-electron chi connectivity index (χ3n) is 4.00. The highest BCUT2D eigenvalue weighted by Crippen LogP contribution is 2.11. The molecule has 0 heterocycles. The Morgan fingerprint density at radius 1 is 1.14 bits per heavy atom. The maximum Gasteiger partial charge on any atom is 0.248 e. The molecule has 0 saturated heterocycles. The van der Waals surface area contributed by atoms with Gasteiger partial charge >= 0.3 is 0 Å². The van der Waals surface area contributed by atoms with E-state index in [1.165, 1.54) is 43.3 Å². The van der Waals surface area contributed by atoms with E-state index in [-0.39, 0.29) is 16.3 Å². The molecule has 1 atom stereocenters. The predicted octanol–water partition coefficient (Wildman–Crippen LogP) is 1.34. The van der Waals surface area contributed by atoms with E-state index in [2.05, 4.69) is 10.0 Å². The SMILES string of the molecule is C[C@H](NS(=O)(=O)c1ccc(C(N)=O)cc1)C(=O)NCCCc1cccc(F)c1. The molecule has 0 aromatic heterocycles. The van der Waals surface area contributed by atoms with Crippen LogP contribution >= 0.6 is 0 Å². The van der Waals surface area contributed by atoms with Gasteiger partial charge in [0.2, 0.25) is 21.8 Å². The molecule has 4 N–H and O–H groups in total. The van der Waals surface area contributed by atoms with Crippen LogP contribution < -0.4 is 15.8 Å². The summed E-state index contributed by atoms with van der Waals surface area (Å²) in [6.45, 7) is 1.76. The van der Waals surface area contributed by atoms with E-state index in [4.69, 9.17) is 5.73 Å². The number of sulfonamides is 1. The maximum atomic E-state index is 13.1. The maximum absolute atomic E-state index is 13.1. The number of amides is 2. The molecule has 2 aromatic rings. The van der Waals surface area contributed by atoms with Gasteiger partial charge in [-0.15, -0.1) is 0 Å². The van der Waals surface area contributed by atoms with Crippen LogP contribution in [0.25, 0.3) is 0 Å². The van der Waals surface area contributed by atoms with Gasteiger partial charge in [0.15, 0.2) is 0 Å². The average Bonchev–Trinajstić information content (AvgIpc) is 2.64. The first-order valence-electron chi connectivity index (χ1n) is 8.63. The van der Waals surface area contributed by atoms with Crippen LogP contribution in [0.4, 0.5) is 4.39 Å². The normalized spacial score (nSPS) is 12.4. The van der Waals surface area contributed by atoms with E-state index in [0.717, 1.165) is 5.56 Å². The zero-order valence-corrected chi connectivity index (χ0v) is 16.1. The molecule has 2 aromatic carbocycles. The second kappa shape index (κ2) is 9.43. The van der Waals surface area contributed by atoms with Crippen molar-refractivity contribution < 1.29 is 22.4 Å². The van der Waals surface area contributed by atoms with Crippen LogP contribution in [0.3, 0.4) is 0 Å². The summed E-state index contributed by atoms with van der Waals surface area (Å²) in [6, 6.07) is 10.3. The Bertz CT molecular complexity index is 946. The molecule has 9 heteroatoms. The second-order valence-electron chi connectivity index (χ2n) is 6.26. The molecule has 0 unspecified atom stereocenters. The molecular weight excluding hydrogens is 385 g/mol. The number of hydrogen-bond donors (Lipinski definition) is 3. The van der Waals surface area contributed by atoms with Gasteiger partial charge in [0.05, 0.1) is 10.9 Å². The van der Waals surface area contributed by atoms with Gasteiger partial charge in [-0.25, -0.2) is 12.8 Å². The summed E-state index contributed by atoms with van der Waals surface area (Å²) in [5.41, 5.74) is 6.13. The van der Waals surface area contributed by atoms with Gasteiger partial charge in [-0.3, -0.25) is 9.59 Å². The lowest BCUT2D eigenvalue weighted by atomic mass is 10.1. The summed E-state index contributed by atoms with van der Waals surface area (Å²) >= 11 is 0. The Morgan fingerprint density at radius 2 is 1.82 bits per heavy atom. The summed E-state index contributed by atoms with van der Waals surface area (Å²) in [5.74, 6) is -1.45. The first kappa shape index (κ1) is 21.5. The molecule has 0 aliphatic heterocycles. The topological polar surface area (TPSA) is 118 Å². The van der Waals surface area contributed by atoms with Crippen LogP contribution in [-0.4, -0.2) is 32.8 Å². The molecule has 0 fully saturated rings. The lowest BCUT2D eigenvalue weighted by molar-refractivity contribution is -0.122. The van der Waals surface area contributed by atoms with Gasteiger partial charge in [0.25, 0.3) is 0 Å². The van der Waals surface area contributed by atoms with Crippen molar-refractivity contribution in [3.8, 4) is 0 Å². The van der Waals surface area contributed by atoms with Crippen LogP contribution in [0.1, 0.15) is 29.3 Å². The molecule has 0 saturated carbocycles. The molecular formula is C19H22FN3O4S. The minimum absolute atomic E-state index is 0.0803. The number of primary amides is 1. The third-order valence-corrected chi connectivity index (χ3v) is 5.56. The number of nitrogens with two attached hydrogens (primary N) is 1. The first-order chi connectivity index (χ1) is 13.2. The van der Waals surface area contributed by atoms with E-state index >= 15 is 0 Å². The number of hydrogen-bond acceptors (Lipinski definition) is 4. The van der Waals surface area contributed by atoms with Crippen molar-refractivity contribution >= 4 is 21.8 Å². The fraction of sp³-hybridized carbons (Fsp3) is 0.263. The fourth-order valence-electron chi connectivity index (χ4n) is 2.50. The van der Waals surface area contributed by atoms with E-state index in [1.54, 1.807) is 12.1 Å². The van der Waals surface area contributed by atoms with Crippen molar-refractivity contribution in [1.82, 2.24) is 10.0 Å². The Kier molecular flexibility index (Phi) is 7.24. The van der Waals surface area contributed by atoms with E-state index in [9.17, 15) is 22.4 Å². The molecule has 28 heavy (non-hydrogen) atoms. The van der Waals surface area contributed by atoms with Crippen LogP contribution in [-0.2, 0) is 21.2 Å². The number of nitrogens with one attached hydrogen (secondary N) is 2. The Balaban J connectivity index is 1.84. The number of benzene rings is 2. The highest BCUT2D eigenvalue weighted by atomic mass is 32.2. The van der Waals surface area contributed by atoms with Crippen molar-refractivity contribution in [2.24, 2.45) is 5.73 Å². The minimum atomic E-state index is -3.93. The highest BCUT2D eigenvalue weighted by Gasteiger charge is 2.22. The molecule has 0 radical (unpaired) electrons. The van der Waals surface area contributed by atoms with Crippen molar-refractivity contribution in [3.05, 3.63) is 65.5 Å². The van der Waals surface area contributed by atoms with Crippen LogP contribution in [0, 0.1) is 5.82 Å². The smallest absolute Gasteiger partial charge is 0.248 e. The molecule has 0 spiro atoms. The Labute approximate surface area is 163 Å². The van der Waals surface area contributed by atoms with E-state index in [1.807, 2.05) is 0 Å². The van der Waals surface area contributed by atoms with Crippen molar-refractivity contribution in [3.63, 3.8) is 0 Å². The second-order valence-corrected chi connectivity index (χ2v) is 7.97. The summed E-state index contributed by atoms with van der Waals surface area (Å²) in [4.78, 5) is 23.1. The largest absolute Gasteiger partial charge is 0.366 e. The van der Waals surface area contributed by atoms with Gasteiger partial charge < -0.3 is 11.1 Å². The Hall–Kier alpha value is -2.78. The molecule has 0 aliphatic rings. The van der Waals surface area contributed by atoms with Gasteiger partial charge in [0.1, 0.15) is 5.82 Å². The number of aryl methyl sites for hydroxylation is 1. The van der Waals surface area contributed by atoms with Crippen molar-refractivity contribution in [2.75, 3.05) is 6.54 Å². The lowest BCUT2D eigenvalue weighted by Crippen LogP contribution is -2.45. The standard InChI is InChI=1S/C19H22FN3O4S/c1-13(19(25)22-11-3-5-14-4-2-6-16(20)12-14)23-28(26,27)17-9-7-15(8-10-17)18(21)24/h2,4,6-10,12-13,23H,3,5,11H2,1H3,(H2,21,24)(H,22,25)/t13-/m0/s1. The van der Waals surface area contributed by atoms with Gasteiger partial charge in [-0.05, 0) is 61.7 Å². The van der Waals surface area contributed by atoms with Crippen molar-refractivity contribution in [2.45, 2.75) is 30.7 Å². The molecule has 2 amide bonds. The monoisotopic (exact) mass is 407 g/mol. The summed E-state index contributed by atoms with van der Waals surface area (Å²) < 4.78 is 40.1. The minimum Gasteiger partial charge on any atom is -0.366 e. The summed E-state index contributed by atoms with van der Waals surface area (Å²) in [5, 5.41) is 2.64. The lowest BCUT2D eigenvalue weighted by Gasteiger charge is -2.14. The average molecular weight is 407 g/mol.